The molecule has 2 fully saturated rings. The highest BCUT2D eigenvalue weighted by Crippen LogP contribution is 2.35. The van der Waals surface area contributed by atoms with E-state index < -0.39 is 0 Å². The maximum Gasteiger partial charge on any atom is 0.320 e. The number of hydrogen-bond acceptors (Lipinski definition) is 5. The van der Waals surface area contributed by atoms with E-state index in [-0.39, 0.29) is 18.2 Å². The van der Waals surface area contributed by atoms with Crippen LogP contribution < -0.4 is 5.32 Å². The largest absolute Gasteiger partial charge is 0.381 e. The zero-order chi connectivity index (χ0) is 24.6. The van der Waals surface area contributed by atoms with Gasteiger partial charge in [-0.2, -0.15) is 0 Å². The number of ether oxygens (including phenoxy) is 2. The summed E-state index contributed by atoms with van der Waals surface area (Å²) in [6.45, 7) is 4.99. The van der Waals surface area contributed by atoms with Gasteiger partial charge in [0.05, 0.1) is 30.4 Å². The normalized spacial score (nSPS) is 21.1. The highest BCUT2D eigenvalue weighted by molar-refractivity contribution is 6.35. The number of likely N-dealkylation sites (tertiary alicyclic amines) is 1. The van der Waals surface area contributed by atoms with E-state index in [9.17, 15) is 4.79 Å². The maximum atomic E-state index is 13.4. The molecule has 3 aliphatic rings. The third-order valence-electron chi connectivity index (χ3n) is 7.80. The van der Waals surface area contributed by atoms with Crippen molar-refractivity contribution in [3.8, 4) is 11.1 Å². The first-order valence-corrected chi connectivity index (χ1v) is 13.1. The number of nitrogens with one attached hydrogen (secondary N) is 2. The number of morpholine rings is 1. The summed E-state index contributed by atoms with van der Waals surface area (Å²) in [5.41, 5.74) is 6.67. The topological polar surface area (TPSA) is 82.7 Å². The van der Waals surface area contributed by atoms with Crippen LogP contribution >= 0.6 is 11.6 Å². The Bertz CT molecular complexity index is 1260. The SMILES string of the molecule is COC1CCN(C(=O)N2CCc3cc(-c4cnc5[nH]cc(Cl)c5c4)cc(C4COCCN4)c3C2)CC1. The number of rotatable bonds is 3. The minimum absolute atomic E-state index is 0.0903. The molecule has 0 aliphatic carbocycles. The van der Waals surface area contributed by atoms with Gasteiger partial charge in [0.1, 0.15) is 5.65 Å². The van der Waals surface area contributed by atoms with Crippen LogP contribution in [0.1, 0.15) is 35.6 Å². The average molecular weight is 510 g/mol. The molecule has 3 aromatic rings. The summed E-state index contributed by atoms with van der Waals surface area (Å²) in [5.74, 6) is 0. The number of benzene rings is 1. The molecule has 0 radical (unpaired) electrons. The van der Waals surface area contributed by atoms with Crippen molar-refractivity contribution in [2.45, 2.75) is 38.0 Å². The van der Waals surface area contributed by atoms with Crippen molar-refractivity contribution >= 4 is 28.7 Å². The molecule has 0 spiro atoms. The van der Waals surface area contributed by atoms with Gasteiger partial charge in [0.15, 0.2) is 0 Å². The van der Waals surface area contributed by atoms with Crippen LogP contribution in [0.2, 0.25) is 5.02 Å². The van der Waals surface area contributed by atoms with Gasteiger partial charge >= 0.3 is 6.03 Å². The molecule has 2 amide bonds. The molecule has 1 atom stereocenters. The number of H-pyrrole nitrogens is 1. The van der Waals surface area contributed by atoms with Crippen LogP contribution in [0.25, 0.3) is 22.2 Å². The number of piperidine rings is 1. The number of carbonyl (C=O) groups is 1. The van der Waals surface area contributed by atoms with Crippen molar-refractivity contribution in [2.24, 2.45) is 0 Å². The molecule has 3 aliphatic heterocycles. The number of aromatic amines is 1. The first-order valence-electron chi connectivity index (χ1n) is 12.8. The quantitative estimate of drug-likeness (QED) is 0.554. The van der Waals surface area contributed by atoms with Crippen LogP contribution in [0.15, 0.2) is 30.6 Å². The van der Waals surface area contributed by atoms with Crippen molar-refractivity contribution in [2.75, 3.05) is 46.5 Å². The molecule has 190 valence electrons. The number of nitrogens with zero attached hydrogens (tertiary/aromatic N) is 3. The predicted octanol–water partition coefficient (Wildman–Crippen LogP) is 4.13. The number of amides is 2. The number of carbonyl (C=O) groups excluding carboxylic acids is 1. The van der Waals surface area contributed by atoms with E-state index in [1.165, 1.54) is 16.7 Å². The van der Waals surface area contributed by atoms with Gasteiger partial charge < -0.3 is 29.6 Å². The van der Waals surface area contributed by atoms with Gasteiger partial charge in [-0.3, -0.25) is 0 Å². The van der Waals surface area contributed by atoms with E-state index in [0.717, 1.165) is 61.1 Å². The second-order valence-corrected chi connectivity index (χ2v) is 10.3. The lowest BCUT2D eigenvalue weighted by Gasteiger charge is -2.38. The highest BCUT2D eigenvalue weighted by Gasteiger charge is 2.31. The maximum absolute atomic E-state index is 13.4. The summed E-state index contributed by atoms with van der Waals surface area (Å²) in [5, 5.41) is 5.21. The van der Waals surface area contributed by atoms with Crippen LogP contribution in [-0.2, 0) is 22.4 Å². The molecule has 2 N–H and O–H groups in total. The fraction of sp³-hybridized carbons (Fsp3) is 0.481. The summed E-state index contributed by atoms with van der Waals surface area (Å²) in [4.78, 5) is 25.1. The molecule has 5 heterocycles. The van der Waals surface area contributed by atoms with Gasteiger partial charge in [-0.25, -0.2) is 9.78 Å². The Morgan fingerprint density at radius 1 is 1.17 bits per heavy atom. The summed E-state index contributed by atoms with van der Waals surface area (Å²) in [6, 6.07) is 6.83. The molecule has 1 unspecified atom stereocenters. The number of urea groups is 1. The molecular formula is C27H32ClN5O3. The van der Waals surface area contributed by atoms with Crippen LogP contribution in [0.4, 0.5) is 4.79 Å². The second-order valence-electron chi connectivity index (χ2n) is 9.92. The van der Waals surface area contributed by atoms with Crippen molar-refractivity contribution in [1.82, 2.24) is 25.1 Å². The van der Waals surface area contributed by atoms with Crippen LogP contribution in [-0.4, -0.2) is 78.4 Å². The number of halogens is 1. The van der Waals surface area contributed by atoms with E-state index in [1.54, 1.807) is 13.3 Å². The Morgan fingerprint density at radius 3 is 2.81 bits per heavy atom. The summed E-state index contributed by atoms with van der Waals surface area (Å²) in [6.07, 6.45) is 6.54. The predicted molar refractivity (Wildman–Crippen MR) is 139 cm³/mol. The minimum Gasteiger partial charge on any atom is -0.381 e. The standard InChI is InChI=1S/C27H32ClN5O3/c1-35-20-3-7-32(8-4-20)27(34)33-6-2-17-10-18(19-12-22-24(28)14-31-26(22)30-13-19)11-21(23(17)15-33)25-16-36-9-5-29-25/h10-14,20,25,29H,2-9,15-16H2,1H3,(H,30,31). The molecule has 9 heteroatoms. The third kappa shape index (κ3) is 4.47. The van der Waals surface area contributed by atoms with Gasteiger partial charge in [0, 0.05) is 63.2 Å². The molecular weight excluding hydrogens is 478 g/mol. The molecule has 8 nitrogen and oxygen atoms in total. The summed E-state index contributed by atoms with van der Waals surface area (Å²) < 4.78 is 11.3. The molecule has 36 heavy (non-hydrogen) atoms. The van der Waals surface area contributed by atoms with Crippen molar-refractivity contribution in [1.29, 1.82) is 0 Å². The number of hydrogen-bond donors (Lipinski definition) is 2. The molecule has 2 aromatic heterocycles. The fourth-order valence-corrected chi connectivity index (χ4v) is 5.91. The Balaban J connectivity index is 1.32. The molecule has 0 bridgehead atoms. The lowest BCUT2D eigenvalue weighted by atomic mass is 9.87. The first-order chi connectivity index (χ1) is 17.6. The van der Waals surface area contributed by atoms with E-state index >= 15 is 0 Å². The molecule has 2 saturated heterocycles. The van der Waals surface area contributed by atoms with Crippen LogP contribution in [0, 0.1) is 0 Å². The lowest BCUT2D eigenvalue weighted by molar-refractivity contribution is 0.0437. The van der Waals surface area contributed by atoms with E-state index in [0.29, 0.717) is 31.3 Å². The lowest BCUT2D eigenvalue weighted by Crippen LogP contribution is -2.49. The Labute approximate surface area is 215 Å². The van der Waals surface area contributed by atoms with E-state index in [4.69, 9.17) is 21.1 Å². The summed E-state index contributed by atoms with van der Waals surface area (Å²) in [7, 11) is 1.75. The average Bonchev–Trinajstić information content (AvgIpc) is 3.32. The summed E-state index contributed by atoms with van der Waals surface area (Å²) >= 11 is 6.38. The van der Waals surface area contributed by atoms with Gasteiger partial charge in [-0.05, 0) is 53.6 Å². The van der Waals surface area contributed by atoms with Gasteiger partial charge in [0.2, 0.25) is 0 Å². The second kappa shape index (κ2) is 10.0. The van der Waals surface area contributed by atoms with Crippen molar-refractivity contribution in [3.05, 3.63) is 52.3 Å². The zero-order valence-electron chi connectivity index (χ0n) is 20.6. The molecule has 1 aromatic carbocycles. The number of aromatic nitrogens is 2. The fourth-order valence-electron chi connectivity index (χ4n) is 5.72. The number of methoxy groups -OCH3 is 1. The minimum atomic E-state index is 0.0903. The van der Waals surface area contributed by atoms with Crippen molar-refractivity contribution < 1.29 is 14.3 Å². The molecule has 0 saturated carbocycles. The smallest absolute Gasteiger partial charge is 0.320 e. The molecule has 6 rings (SSSR count). The third-order valence-corrected chi connectivity index (χ3v) is 8.12. The van der Waals surface area contributed by atoms with Crippen LogP contribution in [0.3, 0.4) is 0 Å². The Kier molecular flexibility index (Phi) is 6.60. The Morgan fingerprint density at radius 2 is 2.03 bits per heavy atom. The zero-order valence-corrected chi connectivity index (χ0v) is 21.3. The van der Waals surface area contributed by atoms with Crippen LogP contribution in [0.5, 0.6) is 0 Å². The van der Waals surface area contributed by atoms with Gasteiger partial charge in [-0.1, -0.05) is 17.7 Å². The number of fused-ring (bicyclic) bond motifs is 2. The number of pyridine rings is 1. The van der Waals surface area contributed by atoms with Crippen molar-refractivity contribution in [3.63, 3.8) is 0 Å². The van der Waals surface area contributed by atoms with Gasteiger partial charge in [-0.15, -0.1) is 0 Å². The van der Waals surface area contributed by atoms with E-state index in [1.807, 2.05) is 16.0 Å². The highest BCUT2D eigenvalue weighted by atomic mass is 35.5. The Hall–Kier alpha value is -2.65. The first kappa shape index (κ1) is 23.7. The monoisotopic (exact) mass is 509 g/mol. The van der Waals surface area contributed by atoms with Gasteiger partial charge in [0.25, 0.3) is 0 Å². The van der Waals surface area contributed by atoms with E-state index in [2.05, 4.69) is 33.5 Å².